The van der Waals surface area contributed by atoms with Gasteiger partial charge >= 0.3 is 0 Å². The van der Waals surface area contributed by atoms with Gasteiger partial charge in [0, 0.05) is 12.0 Å². The molecule has 0 aliphatic heterocycles. The summed E-state index contributed by atoms with van der Waals surface area (Å²) in [6.07, 6.45) is 7.17. The molecule has 19 heavy (non-hydrogen) atoms. The van der Waals surface area contributed by atoms with Crippen LogP contribution < -0.4 is 0 Å². The topological polar surface area (TPSA) is 35.5 Å². The summed E-state index contributed by atoms with van der Waals surface area (Å²) in [6, 6.07) is 0. The number of ether oxygens (including phenoxy) is 2. The lowest BCUT2D eigenvalue weighted by atomic mass is 9.58. The number of rotatable bonds is 6. The quantitative estimate of drug-likeness (QED) is 0.691. The van der Waals surface area contributed by atoms with Crippen molar-refractivity contribution < 1.29 is 14.3 Å². The highest BCUT2D eigenvalue weighted by molar-refractivity contribution is 5.37. The lowest BCUT2D eigenvalue weighted by molar-refractivity contribution is -0.141. The van der Waals surface area contributed by atoms with Gasteiger partial charge in [-0.25, -0.2) is 0 Å². The van der Waals surface area contributed by atoms with Crippen molar-refractivity contribution in [1.82, 2.24) is 0 Å². The van der Waals surface area contributed by atoms with Crippen LogP contribution in [0.1, 0.15) is 59.3 Å². The molecule has 0 N–H and O–H groups in total. The van der Waals surface area contributed by atoms with Crippen LogP contribution in [0, 0.1) is 17.3 Å². The molecule has 2 fully saturated rings. The van der Waals surface area contributed by atoms with Gasteiger partial charge in [0.25, 0.3) is 6.47 Å². The number of carbonyl (C=O) groups excluding carboxylic acids is 1. The Bertz CT molecular complexity index is 299. The Morgan fingerprint density at radius 3 is 2.26 bits per heavy atom. The fourth-order valence-electron chi connectivity index (χ4n) is 4.73. The van der Waals surface area contributed by atoms with Gasteiger partial charge in [0.2, 0.25) is 0 Å². The highest BCUT2D eigenvalue weighted by atomic mass is 16.5. The molecular formula is C16H28O3. The van der Waals surface area contributed by atoms with Crippen molar-refractivity contribution in [2.75, 3.05) is 13.2 Å². The number of hydrogen-bond acceptors (Lipinski definition) is 3. The molecule has 2 aliphatic rings. The second-order valence-electron chi connectivity index (χ2n) is 6.97. The molecular weight excluding hydrogens is 240 g/mol. The van der Waals surface area contributed by atoms with Gasteiger partial charge in [0.05, 0.1) is 12.2 Å². The average Bonchev–Trinajstić information content (AvgIpc) is 2.35. The van der Waals surface area contributed by atoms with Crippen LogP contribution >= 0.6 is 0 Å². The van der Waals surface area contributed by atoms with Gasteiger partial charge in [0.1, 0.15) is 0 Å². The van der Waals surface area contributed by atoms with Crippen LogP contribution in [-0.4, -0.2) is 25.3 Å². The molecule has 0 saturated heterocycles. The van der Waals surface area contributed by atoms with E-state index in [0.717, 1.165) is 24.9 Å². The first-order valence-electron chi connectivity index (χ1n) is 7.74. The van der Waals surface area contributed by atoms with E-state index in [1.54, 1.807) is 0 Å². The van der Waals surface area contributed by atoms with E-state index in [2.05, 4.69) is 20.8 Å². The van der Waals surface area contributed by atoms with E-state index >= 15 is 0 Å². The number of carbonyl (C=O) groups is 1. The molecule has 0 aromatic heterocycles. The zero-order chi connectivity index (χ0) is 13.9. The molecule has 2 saturated carbocycles. The molecule has 2 rings (SSSR count). The number of fused-ring (bicyclic) bond motifs is 2. The van der Waals surface area contributed by atoms with Crippen LogP contribution in [-0.2, 0) is 14.3 Å². The second kappa shape index (κ2) is 5.82. The van der Waals surface area contributed by atoms with Gasteiger partial charge in [-0.15, -0.1) is 0 Å². The van der Waals surface area contributed by atoms with Crippen molar-refractivity contribution in [1.29, 1.82) is 0 Å². The minimum Gasteiger partial charge on any atom is -0.467 e. The molecule has 3 nitrogen and oxygen atoms in total. The van der Waals surface area contributed by atoms with E-state index in [0.29, 0.717) is 13.1 Å². The minimum absolute atomic E-state index is 0.120. The Labute approximate surface area is 117 Å². The fourth-order valence-corrected chi connectivity index (χ4v) is 4.73. The highest BCUT2D eigenvalue weighted by Gasteiger charge is 2.47. The molecule has 2 atom stereocenters. The van der Waals surface area contributed by atoms with Gasteiger partial charge in [-0.2, -0.15) is 0 Å². The minimum atomic E-state index is 0.120. The summed E-state index contributed by atoms with van der Waals surface area (Å²) in [5.41, 5.74) is 0.301. The summed E-state index contributed by atoms with van der Waals surface area (Å²) >= 11 is 0. The summed E-state index contributed by atoms with van der Waals surface area (Å²) in [6.45, 7) is 8.62. The average molecular weight is 268 g/mol. The Morgan fingerprint density at radius 1 is 1.16 bits per heavy atom. The van der Waals surface area contributed by atoms with Gasteiger partial charge < -0.3 is 9.47 Å². The van der Waals surface area contributed by atoms with Crippen LogP contribution in [0.3, 0.4) is 0 Å². The molecule has 0 spiro atoms. The Kier molecular flexibility index (Phi) is 4.54. The van der Waals surface area contributed by atoms with Crippen LogP contribution in [0.4, 0.5) is 0 Å². The van der Waals surface area contributed by atoms with E-state index < -0.39 is 0 Å². The van der Waals surface area contributed by atoms with Gasteiger partial charge in [0.15, 0.2) is 0 Å². The smallest absolute Gasteiger partial charge is 0.293 e. The summed E-state index contributed by atoms with van der Waals surface area (Å²) in [4.78, 5) is 10.4. The summed E-state index contributed by atoms with van der Waals surface area (Å²) in [7, 11) is 0. The molecule has 0 aromatic carbocycles. The first-order chi connectivity index (χ1) is 9.05. The molecule has 110 valence electrons. The lowest BCUT2D eigenvalue weighted by Gasteiger charge is -2.51. The Balaban J connectivity index is 2.03. The van der Waals surface area contributed by atoms with Crippen LogP contribution in [0.25, 0.3) is 0 Å². The largest absolute Gasteiger partial charge is 0.467 e. The summed E-state index contributed by atoms with van der Waals surface area (Å²) in [5, 5.41) is 0. The first-order valence-corrected chi connectivity index (χ1v) is 7.74. The molecule has 2 unspecified atom stereocenters. The first kappa shape index (κ1) is 14.8. The molecule has 2 aliphatic carbocycles. The third-order valence-electron chi connectivity index (χ3n) is 5.15. The maximum absolute atomic E-state index is 10.4. The third kappa shape index (κ3) is 3.31. The van der Waals surface area contributed by atoms with E-state index in [1.807, 2.05) is 0 Å². The zero-order valence-corrected chi connectivity index (χ0v) is 12.6. The normalized spacial score (nSPS) is 41.8. The van der Waals surface area contributed by atoms with Gasteiger partial charge in [-0.3, -0.25) is 4.79 Å². The number of hydrogen-bond donors (Lipinski definition) is 0. The maximum Gasteiger partial charge on any atom is 0.293 e. The van der Waals surface area contributed by atoms with E-state index in [9.17, 15) is 4.79 Å². The van der Waals surface area contributed by atoms with E-state index in [4.69, 9.17) is 9.47 Å². The third-order valence-corrected chi connectivity index (χ3v) is 5.15. The summed E-state index contributed by atoms with van der Waals surface area (Å²) in [5.74, 6) is 1.47. The van der Waals surface area contributed by atoms with Crippen molar-refractivity contribution in [3.63, 3.8) is 0 Å². The molecule has 0 radical (unpaired) electrons. The van der Waals surface area contributed by atoms with Crippen LogP contribution in [0.2, 0.25) is 0 Å². The van der Waals surface area contributed by atoms with Gasteiger partial charge in [-0.1, -0.05) is 13.8 Å². The SMILES string of the molecule is CCOC1(CC)CC2CC(CC(C)(COC=O)C2)C1. The monoisotopic (exact) mass is 268 g/mol. The Morgan fingerprint density at radius 2 is 1.79 bits per heavy atom. The maximum atomic E-state index is 10.4. The lowest BCUT2D eigenvalue weighted by Crippen LogP contribution is -2.47. The fraction of sp³-hybridized carbons (Fsp3) is 0.938. The van der Waals surface area contributed by atoms with Crippen molar-refractivity contribution in [2.45, 2.75) is 64.9 Å². The predicted octanol–water partition coefficient (Wildman–Crippen LogP) is 3.56. The molecule has 3 heteroatoms. The Hall–Kier alpha value is -0.570. The molecule has 2 bridgehead atoms. The second-order valence-corrected chi connectivity index (χ2v) is 6.97. The van der Waals surface area contributed by atoms with E-state index in [1.165, 1.54) is 32.1 Å². The summed E-state index contributed by atoms with van der Waals surface area (Å²) < 4.78 is 11.2. The van der Waals surface area contributed by atoms with Crippen LogP contribution in [0.15, 0.2) is 0 Å². The zero-order valence-electron chi connectivity index (χ0n) is 12.6. The van der Waals surface area contributed by atoms with E-state index in [-0.39, 0.29) is 11.0 Å². The van der Waals surface area contributed by atoms with Gasteiger partial charge in [-0.05, 0) is 57.3 Å². The van der Waals surface area contributed by atoms with Crippen molar-refractivity contribution in [3.8, 4) is 0 Å². The van der Waals surface area contributed by atoms with Crippen molar-refractivity contribution in [2.24, 2.45) is 17.3 Å². The highest BCUT2D eigenvalue weighted by Crippen LogP contribution is 2.53. The van der Waals surface area contributed by atoms with Crippen LogP contribution in [0.5, 0.6) is 0 Å². The molecule has 0 aromatic rings. The predicted molar refractivity (Wildman–Crippen MR) is 74.8 cm³/mol. The molecule has 0 heterocycles. The molecule has 0 amide bonds. The van der Waals surface area contributed by atoms with Crippen molar-refractivity contribution in [3.05, 3.63) is 0 Å². The van der Waals surface area contributed by atoms with Crippen molar-refractivity contribution >= 4 is 6.47 Å². The standard InChI is InChI=1S/C16H28O3/c1-4-16(19-5-2)9-13-6-14(10-16)8-15(3,7-13)11-18-12-17/h12-14H,4-11H2,1-3H3.